The summed E-state index contributed by atoms with van der Waals surface area (Å²) < 4.78 is 1.23. The Hall–Kier alpha value is -2.47. The minimum absolute atomic E-state index is 0.0783. The number of rotatable bonds is 5. The summed E-state index contributed by atoms with van der Waals surface area (Å²) in [6, 6.07) is 8.78. The van der Waals surface area contributed by atoms with Gasteiger partial charge in [-0.05, 0) is 30.2 Å². The Morgan fingerprint density at radius 2 is 2.05 bits per heavy atom. The predicted molar refractivity (Wildman–Crippen MR) is 74.4 cm³/mol. The summed E-state index contributed by atoms with van der Waals surface area (Å²) in [5, 5.41) is 11.5. The number of aliphatic hydroxyl groups excluding tert-OH is 1. The Morgan fingerprint density at radius 1 is 1.30 bits per heavy atom. The number of amides is 1. The number of carbonyl (C=O) groups is 1. The standard InChI is InChI=1S/C14H15N3O3/c18-9-6-11-2-4-12(5-3-11)16-13(19)10-17-8-1-7-15-14(17)20/h1-5,7-8,18H,6,9-10H2,(H,16,19). The summed E-state index contributed by atoms with van der Waals surface area (Å²) >= 11 is 0. The molecule has 0 spiro atoms. The lowest BCUT2D eigenvalue weighted by atomic mass is 10.1. The average molecular weight is 273 g/mol. The lowest BCUT2D eigenvalue weighted by Crippen LogP contribution is -2.28. The second-order valence-corrected chi connectivity index (χ2v) is 4.25. The quantitative estimate of drug-likeness (QED) is 0.826. The van der Waals surface area contributed by atoms with Crippen LogP contribution in [0.25, 0.3) is 0 Å². The maximum atomic E-state index is 11.8. The Balaban J connectivity index is 1.98. The van der Waals surface area contributed by atoms with Gasteiger partial charge in [0.1, 0.15) is 6.54 Å². The Morgan fingerprint density at radius 3 is 2.70 bits per heavy atom. The number of nitrogens with zero attached hydrogens (tertiary/aromatic N) is 2. The van der Waals surface area contributed by atoms with Gasteiger partial charge in [-0.1, -0.05) is 12.1 Å². The van der Waals surface area contributed by atoms with Crippen LogP contribution in [-0.2, 0) is 17.8 Å². The van der Waals surface area contributed by atoms with Gasteiger partial charge in [0, 0.05) is 24.7 Å². The van der Waals surface area contributed by atoms with Crippen molar-refractivity contribution in [2.75, 3.05) is 11.9 Å². The van der Waals surface area contributed by atoms with Gasteiger partial charge < -0.3 is 10.4 Å². The fraction of sp³-hybridized carbons (Fsp3) is 0.214. The van der Waals surface area contributed by atoms with Crippen LogP contribution in [0.4, 0.5) is 5.69 Å². The van der Waals surface area contributed by atoms with E-state index in [-0.39, 0.29) is 19.1 Å². The minimum atomic E-state index is -0.457. The van der Waals surface area contributed by atoms with Crippen LogP contribution in [-0.4, -0.2) is 27.2 Å². The van der Waals surface area contributed by atoms with Crippen molar-refractivity contribution in [1.82, 2.24) is 9.55 Å². The molecule has 1 amide bonds. The fourth-order valence-electron chi connectivity index (χ4n) is 1.75. The topological polar surface area (TPSA) is 84.2 Å². The number of benzene rings is 1. The lowest BCUT2D eigenvalue weighted by Gasteiger charge is -2.07. The van der Waals surface area contributed by atoms with Gasteiger partial charge in [-0.25, -0.2) is 9.78 Å². The number of carbonyl (C=O) groups excluding carboxylic acids is 1. The molecule has 6 nitrogen and oxygen atoms in total. The van der Waals surface area contributed by atoms with Gasteiger partial charge in [-0.3, -0.25) is 9.36 Å². The van der Waals surface area contributed by atoms with Gasteiger partial charge in [0.2, 0.25) is 5.91 Å². The molecule has 6 heteroatoms. The van der Waals surface area contributed by atoms with Crippen molar-refractivity contribution in [2.24, 2.45) is 0 Å². The van der Waals surface area contributed by atoms with E-state index in [0.717, 1.165) is 5.56 Å². The van der Waals surface area contributed by atoms with Gasteiger partial charge in [-0.2, -0.15) is 0 Å². The molecular weight excluding hydrogens is 258 g/mol. The molecule has 0 aliphatic carbocycles. The molecule has 0 unspecified atom stereocenters. The zero-order chi connectivity index (χ0) is 14.4. The lowest BCUT2D eigenvalue weighted by molar-refractivity contribution is -0.116. The van der Waals surface area contributed by atoms with Crippen molar-refractivity contribution < 1.29 is 9.90 Å². The molecule has 0 radical (unpaired) electrons. The highest BCUT2D eigenvalue weighted by molar-refractivity contribution is 5.90. The molecule has 0 atom stereocenters. The summed E-state index contributed by atoms with van der Waals surface area (Å²) in [5.74, 6) is -0.296. The molecule has 20 heavy (non-hydrogen) atoms. The van der Waals surface area contributed by atoms with E-state index in [0.29, 0.717) is 12.1 Å². The predicted octanol–water partition coefficient (Wildman–Crippen LogP) is 0.417. The third-order valence-electron chi connectivity index (χ3n) is 2.73. The molecule has 0 bridgehead atoms. The molecule has 0 fully saturated rings. The van der Waals surface area contributed by atoms with E-state index in [9.17, 15) is 9.59 Å². The third-order valence-corrected chi connectivity index (χ3v) is 2.73. The molecule has 1 aromatic carbocycles. The molecule has 1 heterocycles. The summed E-state index contributed by atoms with van der Waals surface area (Å²) in [6.07, 6.45) is 3.48. The van der Waals surface area contributed by atoms with E-state index in [1.807, 2.05) is 12.1 Å². The van der Waals surface area contributed by atoms with Crippen LogP contribution in [0.3, 0.4) is 0 Å². The maximum absolute atomic E-state index is 11.8. The Kier molecular flexibility index (Phi) is 4.62. The van der Waals surface area contributed by atoms with Crippen molar-refractivity contribution in [3.8, 4) is 0 Å². The number of aromatic nitrogens is 2. The fourth-order valence-corrected chi connectivity index (χ4v) is 1.75. The van der Waals surface area contributed by atoms with Crippen LogP contribution in [0.1, 0.15) is 5.56 Å². The minimum Gasteiger partial charge on any atom is -0.396 e. The first-order valence-electron chi connectivity index (χ1n) is 6.20. The summed E-state index contributed by atoms with van der Waals surface area (Å²) in [7, 11) is 0. The van der Waals surface area contributed by atoms with Gasteiger partial charge in [0.25, 0.3) is 0 Å². The number of nitrogens with one attached hydrogen (secondary N) is 1. The van der Waals surface area contributed by atoms with Gasteiger partial charge >= 0.3 is 5.69 Å². The average Bonchev–Trinajstić information content (AvgIpc) is 2.44. The van der Waals surface area contributed by atoms with E-state index >= 15 is 0 Å². The number of hydrogen-bond donors (Lipinski definition) is 2. The van der Waals surface area contributed by atoms with Crippen LogP contribution < -0.4 is 11.0 Å². The molecule has 0 saturated carbocycles. The van der Waals surface area contributed by atoms with Crippen LogP contribution in [0, 0.1) is 0 Å². The molecule has 2 N–H and O–H groups in total. The van der Waals surface area contributed by atoms with E-state index in [4.69, 9.17) is 5.11 Å². The summed E-state index contributed by atoms with van der Waals surface area (Å²) in [4.78, 5) is 26.8. The van der Waals surface area contributed by atoms with Crippen LogP contribution in [0.2, 0.25) is 0 Å². The van der Waals surface area contributed by atoms with Crippen molar-refractivity contribution >= 4 is 11.6 Å². The van der Waals surface area contributed by atoms with Crippen LogP contribution >= 0.6 is 0 Å². The van der Waals surface area contributed by atoms with Gasteiger partial charge in [0.15, 0.2) is 0 Å². The van der Waals surface area contributed by atoms with E-state index in [1.165, 1.54) is 17.0 Å². The first-order chi connectivity index (χ1) is 9.69. The zero-order valence-electron chi connectivity index (χ0n) is 10.8. The van der Waals surface area contributed by atoms with Crippen molar-refractivity contribution in [2.45, 2.75) is 13.0 Å². The van der Waals surface area contributed by atoms with Gasteiger partial charge in [-0.15, -0.1) is 0 Å². The van der Waals surface area contributed by atoms with Crippen LogP contribution in [0.5, 0.6) is 0 Å². The summed E-state index contributed by atoms with van der Waals surface area (Å²) in [5.41, 5.74) is 1.18. The zero-order valence-corrected chi connectivity index (χ0v) is 10.8. The normalized spacial score (nSPS) is 10.2. The highest BCUT2D eigenvalue weighted by atomic mass is 16.3. The van der Waals surface area contributed by atoms with E-state index in [1.54, 1.807) is 18.2 Å². The van der Waals surface area contributed by atoms with Crippen molar-refractivity contribution in [3.63, 3.8) is 0 Å². The molecule has 0 saturated heterocycles. The largest absolute Gasteiger partial charge is 0.396 e. The molecule has 2 aromatic rings. The van der Waals surface area contributed by atoms with E-state index in [2.05, 4.69) is 10.3 Å². The second-order valence-electron chi connectivity index (χ2n) is 4.25. The number of hydrogen-bond acceptors (Lipinski definition) is 4. The highest BCUT2D eigenvalue weighted by Crippen LogP contribution is 2.09. The SMILES string of the molecule is O=C(Cn1cccnc1=O)Nc1ccc(CCO)cc1. The monoisotopic (exact) mass is 273 g/mol. The maximum Gasteiger partial charge on any atom is 0.347 e. The highest BCUT2D eigenvalue weighted by Gasteiger charge is 2.05. The molecule has 1 aromatic heterocycles. The third kappa shape index (κ3) is 3.76. The van der Waals surface area contributed by atoms with Crippen molar-refractivity contribution in [1.29, 1.82) is 0 Å². The molecule has 0 aliphatic rings. The second kappa shape index (κ2) is 6.63. The van der Waals surface area contributed by atoms with E-state index < -0.39 is 5.69 Å². The van der Waals surface area contributed by atoms with Crippen molar-refractivity contribution in [3.05, 3.63) is 58.8 Å². The van der Waals surface area contributed by atoms with Gasteiger partial charge in [0.05, 0.1) is 0 Å². The number of anilines is 1. The molecule has 0 aliphatic heterocycles. The Labute approximate surface area is 115 Å². The van der Waals surface area contributed by atoms with Crippen LogP contribution in [0.15, 0.2) is 47.5 Å². The first-order valence-corrected chi connectivity index (χ1v) is 6.20. The summed E-state index contributed by atoms with van der Waals surface area (Å²) in [6.45, 7) is 0.0146. The smallest absolute Gasteiger partial charge is 0.347 e. The molecule has 104 valence electrons. The first kappa shape index (κ1) is 14.0. The number of aliphatic hydroxyl groups is 1. The Bertz CT molecular complexity index is 635. The molecule has 2 rings (SSSR count). The molecular formula is C14H15N3O3.